The number of sulfonamides is 1. The van der Waals surface area contributed by atoms with Gasteiger partial charge in [-0.05, 0) is 37.1 Å². The van der Waals surface area contributed by atoms with Gasteiger partial charge in [-0.15, -0.1) is 0 Å². The molecule has 1 N–H and O–H groups in total. The van der Waals surface area contributed by atoms with Crippen molar-refractivity contribution in [1.29, 1.82) is 0 Å². The number of nitrogens with zero attached hydrogens (tertiary/aromatic N) is 1. The summed E-state index contributed by atoms with van der Waals surface area (Å²) in [5.41, 5.74) is 2.76. The minimum absolute atomic E-state index is 0.302. The van der Waals surface area contributed by atoms with Crippen LogP contribution >= 0.6 is 0 Å². The van der Waals surface area contributed by atoms with E-state index in [9.17, 15) is 8.42 Å². The molecule has 0 fully saturated rings. The Balaban J connectivity index is 2.18. The Kier molecular flexibility index (Phi) is 3.78. The minimum atomic E-state index is -3.46. The standard InChI is InChI=1S/C14H18N2O2S/c1-11-4-5-14(12(2)8-11)19(17,18)15-9-13-6-7-16(3)10-13/h4-8,10,15H,9H2,1-3H3. The van der Waals surface area contributed by atoms with Gasteiger partial charge in [0.1, 0.15) is 0 Å². The molecule has 0 unspecified atom stereocenters. The lowest BCUT2D eigenvalue weighted by Crippen LogP contribution is -2.23. The molecule has 0 aliphatic rings. The van der Waals surface area contributed by atoms with Crippen molar-refractivity contribution in [3.63, 3.8) is 0 Å². The normalized spacial score (nSPS) is 11.7. The molecule has 0 atom stereocenters. The molecule has 0 saturated heterocycles. The van der Waals surface area contributed by atoms with Crippen molar-refractivity contribution < 1.29 is 8.42 Å². The molecule has 4 nitrogen and oxygen atoms in total. The molecule has 0 aliphatic heterocycles. The summed E-state index contributed by atoms with van der Waals surface area (Å²) in [5, 5.41) is 0. The van der Waals surface area contributed by atoms with Crippen LogP contribution in [0.15, 0.2) is 41.6 Å². The van der Waals surface area contributed by atoms with E-state index in [0.29, 0.717) is 11.4 Å². The molecule has 0 radical (unpaired) electrons. The molecule has 5 heteroatoms. The third-order valence-corrected chi connectivity index (χ3v) is 4.54. The van der Waals surface area contributed by atoms with E-state index in [4.69, 9.17) is 0 Å². The summed E-state index contributed by atoms with van der Waals surface area (Å²) in [7, 11) is -1.55. The monoisotopic (exact) mass is 278 g/mol. The Hall–Kier alpha value is -1.59. The van der Waals surface area contributed by atoms with Crippen LogP contribution in [0, 0.1) is 13.8 Å². The number of rotatable bonds is 4. The van der Waals surface area contributed by atoms with Crippen LogP contribution in [0.25, 0.3) is 0 Å². The second kappa shape index (κ2) is 5.19. The fraction of sp³-hybridized carbons (Fsp3) is 0.286. The lowest BCUT2D eigenvalue weighted by Gasteiger charge is -2.09. The van der Waals surface area contributed by atoms with E-state index in [-0.39, 0.29) is 0 Å². The van der Waals surface area contributed by atoms with E-state index in [1.807, 2.05) is 56.1 Å². The lowest BCUT2D eigenvalue weighted by atomic mass is 10.2. The first-order valence-corrected chi connectivity index (χ1v) is 7.54. The van der Waals surface area contributed by atoms with Crippen LogP contribution in [0.5, 0.6) is 0 Å². The van der Waals surface area contributed by atoms with E-state index in [1.54, 1.807) is 6.07 Å². The fourth-order valence-electron chi connectivity index (χ4n) is 2.02. The average Bonchev–Trinajstić information content (AvgIpc) is 2.72. The van der Waals surface area contributed by atoms with Gasteiger partial charge in [0.2, 0.25) is 10.0 Å². The van der Waals surface area contributed by atoms with Gasteiger partial charge in [0.15, 0.2) is 0 Å². The van der Waals surface area contributed by atoms with Crippen LogP contribution in [-0.4, -0.2) is 13.0 Å². The Bertz CT molecular complexity index is 687. The van der Waals surface area contributed by atoms with Gasteiger partial charge in [-0.2, -0.15) is 0 Å². The molecule has 2 aromatic rings. The molecule has 102 valence electrons. The van der Waals surface area contributed by atoms with Gasteiger partial charge in [-0.1, -0.05) is 17.7 Å². The SMILES string of the molecule is Cc1ccc(S(=O)(=O)NCc2ccn(C)c2)c(C)c1. The van der Waals surface area contributed by atoms with Gasteiger partial charge in [-0.25, -0.2) is 13.1 Å². The summed E-state index contributed by atoms with van der Waals surface area (Å²) in [6.45, 7) is 4.06. The van der Waals surface area contributed by atoms with E-state index in [2.05, 4.69) is 4.72 Å². The summed E-state index contributed by atoms with van der Waals surface area (Å²) in [5.74, 6) is 0. The molecular formula is C14H18N2O2S. The lowest BCUT2D eigenvalue weighted by molar-refractivity contribution is 0.580. The zero-order valence-corrected chi connectivity index (χ0v) is 12.2. The molecule has 0 spiro atoms. The first-order chi connectivity index (χ1) is 8.88. The fourth-order valence-corrected chi connectivity index (χ4v) is 3.26. The van der Waals surface area contributed by atoms with Gasteiger partial charge in [0, 0.05) is 26.0 Å². The number of aryl methyl sites for hydroxylation is 3. The third-order valence-electron chi connectivity index (χ3n) is 2.98. The van der Waals surface area contributed by atoms with E-state index >= 15 is 0 Å². The molecule has 0 bridgehead atoms. The van der Waals surface area contributed by atoms with Crippen molar-refractivity contribution in [3.8, 4) is 0 Å². The average molecular weight is 278 g/mol. The topological polar surface area (TPSA) is 51.1 Å². The van der Waals surface area contributed by atoms with E-state index in [0.717, 1.165) is 16.7 Å². The van der Waals surface area contributed by atoms with Crippen LogP contribution in [0.1, 0.15) is 16.7 Å². The van der Waals surface area contributed by atoms with Gasteiger partial charge in [0.05, 0.1) is 4.90 Å². The Labute approximate surface area is 114 Å². The summed E-state index contributed by atoms with van der Waals surface area (Å²) in [6, 6.07) is 7.23. The second-order valence-corrected chi connectivity index (χ2v) is 6.51. The summed E-state index contributed by atoms with van der Waals surface area (Å²) in [4.78, 5) is 0.342. The minimum Gasteiger partial charge on any atom is -0.357 e. The maximum Gasteiger partial charge on any atom is 0.241 e. The van der Waals surface area contributed by atoms with Crippen molar-refractivity contribution in [2.75, 3.05) is 0 Å². The zero-order chi connectivity index (χ0) is 14.0. The van der Waals surface area contributed by atoms with Crippen LogP contribution in [-0.2, 0) is 23.6 Å². The number of benzene rings is 1. The molecule has 2 rings (SSSR count). The predicted molar refractivity (Wildman–Crippen MR) is 75.4 cm³/mol. The highest BCUT2D eigenvalue weighted by molar-refractivity contribution is 7.89. The molecule has 0 amide bonds. The summed E-state index contributed by atoms with van der Waals surface area (Å²) < 4.78 is 29.0. The Morgan fingerprint density at radius 3 is 2.53 bits per heavy atom. The first kappa shape index (κ1) is 13.8. The van der Waals surface area contributed by atoms with Gasteiger partial charge < -0.3 is 4.57 Å². The van der Waals surface area contributed by atoms with E-state index < -0.39 is 10.0 Å². The third kappa shape index (κ3) is 3.24. The molecule has 1 heterocycles. The Morgan fingerprint density at radius 2 is 1.95 bits per heavy atom. The van der Waals surface area contributed by atoms with Crippen molar-refractivity contribution in [3.05, 3.63) is 53.3 Å². The molecule has 0 saturated carbocycles. The quantitative estimate of drug-likeness (QED) is 0.931. The van der Waals surface area contributed by atoms with Crippen LogP contribution in [0.4, 0.5) is 0 Å². The molecule has 1 aromatic heterocycles. The van der Waals surface area contributed by atoms with Crippen LogP contribution in [0.2, 0.25) is 0 Å². The van der Waals surface area contributed by atoms with Crippen molar-refractivity contribution in [2.24, 2.45) is 7.05 Å². The van der Waals surface area contributed by atoms with Crippen LogP contribution < -0.4 is 4.72 Å². The first-order valence-electron chi connectivity index (χ1n) is 6.06. The molecular weight excluding hydrogens is 260 g/mol. The second-order valence-electron chi connectivity index (χ2n) is 4.78. The zero-order valence-electron chi connectivity index (χ0n) is 11.3. The molecule has 1 aromatic carbocycles. The number of aromatic nitrogens is 1. The smallest absolute Gasteiger partial charge is 0.241 e. The number of nitrogens with one attached hydrogen (secondary N) is 1. The highest BCUT2D eigenvalue weighted by atomic mass is 32.2. The molecule has 19 heavy (non-hydrogen) atoms. The highest BCUT2D eigenvalue weighted by Crippen LogP contribution is 2.16. The van der Waals surface area contributed by atoms with Crippen molar-refractivity contribution >= 4 is 10.0 Å². The van der Waals surface area contributed by atoms with Gasteiger partial charge in [-0.3, -0.25) is 0 Å². The number of hydrogen-bond donors (Lipinski definition) is 1. The summed E-state index contributed by atoms with van der Waals surface area (Å²) in [6.07, 6.45) is 3.78. The van der Waals surface area contributed by atoms with Gasteiger partial charge in [0.25, 0.3) is 0 Å². The van der Waals surface area contributed by atoms with E-state index in [1.165, 1.54) is 0 Å². The Morgan fingerprint density at radius 1 is 1.21 bits per heavy atom. The predicted octanol–water partition coefficient (Wildman–Crippen LogP) is 2.12. The van der Waals surface area contributed by atoms with Crippen LogP contribution in [0.3, 0.4) is 0 Å². The maximum absolute atomic E-state index is 12.2. The highest BCUT2D eigenvalue weighted by Gasteiger charge is 2.16. The maximum atomic E-state index is 12.2. The summed E-state index contributed by atoms with van der Waals surface area (Å²) >= 11 is 0. The van der Waals surface area contributed by atoms with Gasteiger partial charge >= 0.3 is 0 Å². The van der Waals surface area contributed by atoms with Crippen molar-refractivity contribution in [2.45, 2.75) is 25.3 Å². The largest absolute Gasteiger partial charge is 0.357 e. The van der Waals surface area contributed by atoms with Crippen molar-refractivity contribution in [1.82, 2.24) is 9.29 Å². The number of hydrogen-bond acceptors (Lipinski definition) is 2. The molecule has 0 aliphatic carbocycles.